The van der Waals surface area contributed by atoms with Gasteiger partial charge in [-0.2, -0.15) is 0 Å². The number of ether oxygens (including phenoxy) is 2. The number of carbonyl (C=O) groups excluding carboxylic acids is 3. The lowest BCUT2D eigenvalue weighted by atomic mass is 10.1. The molecule has 0 aliphatic carbocycles. The van der Waals surface area contributed by atoms with Gasteiger partial charge < -0.3 is 25.0 Å². The highest BCUT2D eigenvalue weighted by atomic mass is 35.5. The van der Waals surface area contributed by atoms with Crippen LogP contribution in [-0.4, -0.2) is 63.0 Å². The largest absolute Gasteiger partial charge is 0.444 e. The fourth-order valence-electron chi connectivity index (χ4n) is 4.46. The van der Waals surface area contributed by atoms with Crippen molar-refractivity contribution in [2.24, 2.45) is 0 Å². The van der Waals surface area contributed by atoms with Gasteiger partial charge in [0.15, 0.2) is 9.84 Å². The second-order valence-corrected chi connectivity index (χ2v) is 13.1. The number of halogens is 2. The summed E-state index contributed by atoms with van der Waals surface area (Å²) >= 11 is 6.00. The predicted octanol–water partition coefficient (Wildman–Crippen LogP) is 3.60. The predicted molar refractivity (Wildman–Crippen MR) is 146 cm³/mol. The lowest BCUT2D eigenvalue weighted by Crippen LogP contribution is -2.51. The van der Waals surface area contributed by atoms with Gasteiger partial charge in [0.2, 0.25) is 0 Å². The molecule has 13 heteroatoms. The molecule has 1 saturated heterocycles. The molecule has 2 aromatic carbocycles. The third-order valence-electron chi connectivity index (χ3n) is 6.37. The molecule has 0 aromatic heterocycles. The topological polar surface area (TPSA) is 131 Å². The average molecular weight is 596 g/mol. The quantitative estimate of drug-likeness (QED) is 0.540. The molecule has 0 saturated carbocycles. The van der Waals surface area contributed by atoms with Gasteiger partial charge >= 0.3 is 6.09 Å². The summed E-state index contributed by atoms with van der Waals surface area (Å²) in [6, 6.07) is 6.54. The number of nitrogens with one attached hydrogen (secondary N) is 2. The molecule has 2 heterocycles. The number of rotatable bonds is 5. The fourth-order valence-corrected chi connectivity index (χ4v) is 6.20. The van der Waals surface area contributed by atoms with Crippen LogP contribution in [0.15, 0.2) is 41.3 Å². The van der Waals surface area contributed by atoms with Crippen molar-refractivity contribution in [1.82, 2.24) is 10.6 Å². The number of benzene rings is 2. The van der Waals surface area contributed by atoms with E-state index in [1.165, 1.54) is 0 Å². The van der Waals surface area contributed by atoms with Gasteiger partial charge in [0.25, 0.3) is 11.8 Å². The molecule has 216 valence electrons. The van der Waals surface area contributed by atoms with Crippen LogP contribution in [0.25, 0.3) is 0 Å². The van der Waals surface area contributed by atoms with E-state index < -0.39 is 61.4 Å². The Morgan fingerprint density at radius 1 is 1.12 bits per heavy atom. The van der Waals surface area contributed by atoms with Crippen molar-refractivity contribution >= 4 is 45.0 Å². The number of nitrogens with zero attached hydrogens (tertiary/aromatic N) is 1. The summed E-state index contributed by atoms with van der Waals surface area (Å²) in [5.74, 6) is -3.39. The molecular formula is C27H31ClFN3O7S. The monoisotopic (exact) mass is 595 g/mol. The molecule has 4 rings (SSSR count). The highest BCUT2D eigenvalue weighted by Gasteiger charge is 2.40. The van der Waals surface area contributed by atoms with Crippen molar-refractivity contribution in [2.45, 2.75) is 62.7 Å². The number of carbonyl (C=O) groups is 3. The minimum absolute atomic E-state index is 0.141. The van der Waals surface area contributed by atoms with E-state index >= 15 is 4.39 Å². The Labute approximate surface area is 237 Å². The van der Waals surface area contributed by atoms with E-state index in [4.69, 9.17) is 21.1 Å². The summed E-state index contributed by atoms with van der Waals surface area (Å²) < 4.78 is 52.7. The summed E-state index contributed by atoms with van der Waals surface area (Å²) in [6.07, 6.45) is 0.110. The van der Waals surface area contributed by atoms with Crippen LogP contribution in [0.4, 0.5) is 14.9 Å². The first-order valence-corrected chi connectivity index (χ1v) is 14.8. The van der Waals surface area contributed by atoms with E-state index in [9.17, 15) is 22.8 Å². The van der Waals surface area contributed by atoms with Gasteiger partial charge in [0, 0.05) is 24.3 Å². The number of fused-ring (bicyclic) bond motifs is 1. The Bertz CT molecular complexity index is 1400. The first-order valence-electron chi connectivity index (χ1n) is 12.7. The molecule has 3 amide bonds. The number of hydrogen-bond acceptors (Lipinski definition) is 7. The molecule has 2 aliphatic heterocycles. The van der Waals surface area contributed by atoms with Gasteiger partial charge in [0.05, 0.1) is 28.4 Å². The molecule has 0 unspecified atom stereocenters. The van der Waals surface area contributed by atoms with Crippen LogP contribution in [0, 0.1) is 5.82 Å². The van der Waals surface area contributed by atoms with Crippen LogP contribution in [0.1, 0.15) is 49.5 Å². The Kier molecular flexibility index (Phi) is 8.72. The fraction of sp³-hybridized carbons (Fsp3) is 0.444. The molecule has 2 N–H and O–H groups in total. The summed E-state index contributed by atoms with van der Waals surface area (Å²) in [6.45, 7) is 5.62. The van der Waals surface area contributed by atoms with E-state index in [1.54, 1.807) is 45.0 Å². The highest BCUT2D eigenvalue weighted by Crippen LogP contribution is 2.34. The smallest absolute Gasteiger partial charge is 0.408 e. The molecule has 0 bridgehead atoms. The number of hydrogen-bond donors (Lipinski definition) is 2. The third kappa shape index (κ3) is 7.10. The second-order valence-electron chi connectivity index (χ2n) is 10.7. The van der Waals surface area contributed by atoms with Gasteiger partial charge in [-0.05, 0) is 63.4 Å². The molecule has 10 nitrogen and oxygen atoms in total. The van der Waals surface area contributed by atoms with Crippen LogP contribution in [-0.2, 0) is 30.7 Å². The van der Waals surface area contributed by atoms with Crippen molar-refractivity contribution in [3.63, 3.8) is 0 Å². The van der Waals surface area contributed by atoms with Crippen molar-refractivity contribution < 1.29 is 36.7 Å². The Morgan fingerprint density at radius 3 is 2.40 bits per heavy atom. The van der Waals surface area contributed by atoms with Gasteiger partial charge in [-0.3, -0.25) is 9.59 Å². The van der Waals surface area contributed by atoms with E-state index in [1.807, 2.05) is 0 Å². The van der Waals surface area contributed by atoms with Gasteiger partial charge in [-0.15, -0.1) is 0 Å². The Morgan fingerprint density at radius 2 is 1.77 bits per heavy atom. The first-order chi connectivity index (χ1) is 18.7. The molecular weight excluding hydrogens is 565 g/mol. The van der Waals surface area contributed by atoms with Gasteiger partial charge in [-0.1, -0.05) is 23.7 Å². The lowest BCUT2D eigenvalue weighted by molar-refractivity contribution is -0.120. The SMILES string of the molecule is CC(C)(C)OC(=O)N[C@H]1CS(=O)(=O)c2cc(F)c(C(=O)NC3CCOCC3)cc2N(Cc2ccc(Cl)cc2)C1=O. The lowest BCUT2D eigenvalue weighted by Gasteiger charge is -2.27. The summed E-state index contributed by atoms with van der Waals surface area (Å²) in [4.78, 5) is 40.0. The average Bonchev–Trinajstić information content (AvgIpc) is 2.93. The normalized spacial score (nSPS) is 19.4. The second kappa shape index (κ2) is 11.7. The van der Waals surface area contributed by atoms with Crippen LogP contribution < -0.4 is 15.5 Å². The molecule has 2 aromatic rings. The molecule has 40 heavy (non-hydrogen) atoms. The first kappa shape index (κ1) is 29.8. The highest BCUT2D eigenvalue weighted by molar-refractivity contribution is 7.91. The number of alkyl carbamates (subject to hydrolysis) is 1. The standard InChI is InChI=1S/C27H31ClFN3O7S/c1-27(2,3)39-26(35)31-21-15-40(36,37)23-13-20(29)19(24(33)30-18-8-10-38-11-9-18)12-22(23)32(25(21)34)14-16-4-6-17(28)7-5-16/h4-7,12-13,18,21H,8-11,14-15H2,1-3H3,(H,30,33)(H,31,35)/t21-/m0/s1. The minimum Gasteiger partial charge on any atom is -0.444 e. The molecule has 2 aliphatic rings. The van der Waals surface area contributed by atoms with Crippen LogP contribution >= 0.6 is 11.6 Å². The van der Waals surface area contributed by atoms with E-state index in [-0.39, 0.29) is 18.3 Å². The van der Waals surface area contributed by atoms with Crippen LogP contribution in [0.5, 0.6) is 0 Å². The maximum absolute atomic E-state index is 15.3. The maximum atomic E-state index is 15.3. The van der Waals surface area contributed by atoms with E-state index in [0.717, 1.165) is 17.0 Å². The zero-order valence-electron chi connectivity index (χ0n) is 22.3. The zero-order chi connectivity index (χ0) is 29.2. The molecule has 0 radical (unpaired) electrons. The van der Waals surface area contributed by atoms with Crippen LogP contribution in [0.3, 0.4) is 0 Å². The number of sulfone groups is 1. The van der Waals surface area contributed by atoms with E-state index in [2.05, 4.69) is 10.6 Å². The van der Waals surface area contributed by atoms with Crippen molar-refractivity contribution in [3.05, 3.63) is 58.4 Å². The van der Waals surface area contributed by atoms with E-state index in [0.29, 0.717) is 36.6 Å². The molecule has 1 fully saturated rings. The molecule has 0 spiro atoms. The zero-order valence-corrected chi connectivity index (χ0v) is 23.9. The third-order valence-corrected chi connectivity index (χ3v) is 8.39. The Hall–Kier alpha value is -3.22. The van der Waals surface area contributed by atoms with Crippen LogP contribution in [0.2, 0.25) is 5.02 Å². The number of anilines is 1. The van der Waals surface area contributed by atoms with Crippen molar-refractivity contribution in [3.8, 4) is 0 Å². The summed E-state index contributed by atoms with van der Waals surface area (Å²) in [7, 11) is -4.32. The van der Waals surface area contributed by atoms with Gasteiger partial charge in [0.1, 0.15) is 17.5 Å². The molecule has 1 atom stereocenters. The summed E-state index contributed by atoms with van der Waals surface area (Å²) in [5, 5.41) is 5.56. The minimum atomic E-state index is -4.32. The summed E-state index contributed by atoms with van der Waals surface area (Å²) in [5.41, 5.74) is -0.908. The van der Waals surface area contributed by atoms with Crippen molar-refractivity contribution in [2.75, 3.05) is 23.9 Å². The number of amides is 3. The van der Waals surface area contributed by atoms with Crippen molar-refractivity contribution in [1.29, 1.82) is 0 Å². The van der Waals surface area contributed by atoms with Gasteiger partial charge in [-0.25, -0.2) is 17.6 Å². The Balaban J connectivity index is 1.76. The maximum Gasteiger partial charge on any atom is 0.408 e.